The van der Waals surface area contributed by atoms with Crippen molar-refractivity contribution < 1.29 is 19.1 Å². The summed E-state index contributed by atoms with van der Waals surface area (Å²) in [5, 5.41) is 9.83. The highest BCUT2D eigenvalue weighted by Gasteiger charge is 2.24. The number of benzene rings is 2. The monoisotopic (exact) mass is 483 g/mol. The van der Waals surface area contributed by atoms with Crippen molar-refractivity contribution in [2.75, 3.05) is 19.0 Å². The molecule has 2 aromatic heterocycles. The molecule has 0 saturated carbocycles. The van der Waals surface area contributed by atoms with Gasteiger partial charge in [0.15, 0.2) is 5.69 Å². The zero-order chi connectivity index (χ0) is 23.5. The van der Waals surface area contributed by atoms with Gasteiger partial charge in [-0.1, -0.05) is 23.7 Å². The van der Waals surface area contributed by atoms with Crippen LogP contribution in [0.5, 0.6) is 5.75 Å². The number of halogens is 1. The molecule has 1 N–H and O–H groups in total. The minimum Gasteiger partial charge on any atom is -0.496 e. The molecule has 0 saturated heterocycles. The topological polar surface area (TPSA) is 99.5 Å². The molecule has 0 fully saturated rings. The van der Waals surface area contributed by atoms with Crippen LogP contribution in [0.2, 0.25) is 5.02 Å². The van der Waals surface area contributed by atoms with Gasteiger partial charge in [0.1, 0.15) is 10.8 Å². The highest BCUT2D eigenvalue weighted by Crippen LogP contribution is 2.32. The van der Waals surface area contributed by atoms with Gasteiger partial charge < -0.3 is 14.8 Å². The molecule has 168 valence electrons. The number of methoxy groups -OCH3 is 1. The number of thiophene rings is 1. The number of carbonyl (C=O) groups excluding carboxylic acids is 2. The number of esters is 1. The van der Waals surface area contributed by atoms with E-state index < -0.39 is 17.4 Å². The van der Waals surface area contributed by atoms with Crippen LogP contribution in [0, 0.1) is 0 Å². The fraction of sp³-hybridized carbons (Fsp3) is 0.130. The van der Waals surface area contributed by atoms with E-state index >= 15 is 0 Å². The first kappa shape index (κ1) is 22.5. The molecule has 10 heteroatoms. The number of aromatic nitrogens is 2. The molecule has 4 aromatic rings. The minimum atomic E-state index is -0.675. The number of nitrogens with one attached hydrogen (secondary N) is 1. The van der Waals surface area contributed by atoms with Crippen LogP contribution in [0.3, 0.4) is 0 Å². The van der Waals surface area contributed by atoms with Crippen molar-refractivity contribution in [2.45, 2.75) is 6.92 Å². The summed E-state index contributed by atoms with van der Waals surface area (Å²) in [4.78, 5) is 39.0. The molecule has 0 radical (unpaired) electrons. The van der Waals surface area contributed by atoms with Crippen LogP contribution < -0.4 is 15.6 Å². The Morgan fingerprint density at radius 3 is 2.58 bits per heavy atom. The summed E-state index contributed by atoms with van der Waals surface area (Å²) in [7, 11) is 1.47. The van der Waals surface area contributed by atoms with Crippen molar-refractivity contribution in [3.8, 4) is 11.4 Å². The van der Waals surface area contributed by atoms with Crippen LogP contribution in [0.1, 0.15) is 27.8 Å². The molecule has 0 aliphatic rings. The van der Waals surface area contributed by atoms with Crippen LogP contribution in [0.25, 0.3) is 16.5 Å². The van der Waals surface area contributed by atoms with Crippen LogP contribution >= 0.6 is 22.9 Å². The number of anilines is 1. The van der Waals surface area contributed by atoms with E-state index in [1.807, 2.05) is 0 Å². The van der Waals surface area contributed by atoms with Gasteiger partial charge in [0, 0.05) is 15.8 Å². The third-order valence-electron chi connectivity index (χ3n) is 4.77. The van der Waals surface area contributed by atoms with E-state index in [1.54, 1.807) is 60.8 Å². The molecule has 0 spiro atoms. The molecule has 1 amide bonds. The van der Waals surface area contributed by atoms with E-state index in [2.05, 4.69) is 10.4 Å². The summed E-state index contributed by atoms with van der Waals surface area (Å²) in [6.07, 6.45) is 0. The van der Waals surface area contributed by atoms with Crippen molar-refractivity contribution in [2.24, 2.45) is 0 Å². The second-order valence-electron chi connectivity index (χ2n) is 6.77. The number of fused-ring (bicyclic) bond motifs is 1. The largest absolute Gasteiger partial charge is 0.496 e. The number of carbonyl (C=O) groups is 2. The number of rotatable bonds is 6. The maximum Gasteiger partial charge on any atom is 0.359 e. The first-order valence-corrected chi connectivity index (χ1v) is 11.1. The average molecular weight is 484 g/mol. The Morgan fingerprint density at radius 1 is 1.15 bits per heavy atom. The van der Waals surface area contributed by atoms with E-state index in [9.17, 15) is 14.4 Å². The minimum absolute atomic E-state index is 0.0320. The van der Waals surface area contributed by atoms with Crippen LogP contribution in [0.4, 0.5) is 5.00 Å². The van der Waals surface area contributed by atoms with Crippen LogP contribution in [-0.2, 0) is 4.74 Å². The van der Waals surface area contributed by atoms with E-state index in [4.69, 9.17) is 21.1 Å². The highest BCUT2D eigenvalue weighted by molar-refractivity contribution is 7.16. The summed E-state index contributed by atoms with van der Waals surface area (Å²) in [6.45, 7) is 1.82. The molecule has 0 aliphatic carbocycles. The molecule has 4 rings (SSSR count). The third-order valence-corrected chi connectivity index (χ3v) is 5.92. The second kappa shape index (κ2) is 9.43. The van der Waals surface area contributed by atoms with Gasteiger partial charge in [-0.15, -0.1) is 11.3 Å². The third kappa shape index (κ3) is 4.33. The summed E-state index contributed by atoms with van der Waals surface area (Å²) in [5.41, 5.74) is 0.177. The molecule has 0 atom stereocenters. The van der Waals surface area contributed by atoms with Crippen LogP contribution in [0.15, 0.2) is 58.7 Å². The average Bonchev–Trinajstić information content (AvgIpc) is 3.24. The Kier molecular flexibility index (Phi) is 6.43. The predicted octanol–water partition coefficient (Wildman–Crippen LogP) is 4.54. The maximum atomic E-state index is 13.4. The lowest BCUT2D eigenvalue weighted by Crippen LogP contribution is -2.25. The maximum absolute atomic E-state index is 13.4. The van der Waals surface area contributed by atoms with Gasteiger partial charge >= 0.3 is 5.97 Å². The van der Waals surface area contributed by atoms with Gasteiger partial charge in [-0.25, -0.2) is 4.79 Å². The molecular formula is C23H18ClN3O5S. The van der Waals surface area contributed by atoms with Gasteiger partial charge in [-0.05, 0) is 43.3 Å². The van der Waals surface area contributed by atoms with Gasteiger partial charge in [0.2, 0.25) is 0 Å². The summed E-state index contributed by atoms with van der Waals surface area (Å²) in [5.74, 6) is -0.739. The van der Waals surface area contributed by atoms with Crippen LogP contribution in [-0.4, -0.2) is 35.4 Å². The lowest BCUT2D eigenvalue weighted by atomic mass is 10.2. The van der Waals surface area contributed by atoms with Gasteiger partial charge in [0.25, 0.3) is 11.5 Å². The molecule has 33 heavy (non-hydrogen) atoms. The first-order chi connectivity index (χ1) is 15.9. The Hall–Kier alpha value is -3.69. The zero-order valence-electron chi connectivity index (χ0n) is 17.6. The lowest BCUT2D eigenvalue weighted by Gasteiger charge is -2.11. The van der Waals surface area contributed by atoms with Gasteiger partial charge in [0.05, 0.1) is 30.4 Å². The normalized spacial score (nSPS) is 10.8. The molecule has 2 aromatic carbocycles. The van der Waals surface area contributed by atoms with E-state index in [1.165, 1.54) is 7.11 Å². The number of para-hydroxylation sites is 1. The Labute approximate surface area is 197 Å². The van der Waals surface area contributed by atoms with Crippen molar-refractivity contribution in [1.29, 1.82) is 0 Å². The standard InChI is InChI=1S/C23H18ClN3O5S/c1-3-32-23(30)19-16-12-33-21(25-20(28)15-6-4-5-7-17(15)31-2)18(16)22(29)27(26-19)14-10-8-13(24)9-11-14/h4-12H,3H2,1-2H3,(H,25,28). The fourth-order valence-corrected chi connectivity index (χ4v) is 4.31. The van der Waals surface area contributed by atoms with E-state index in [-0.39, 0.29) is 22.7 Å². The van der Waals surface area contributed by atoms with Gasteiger partial charge in [-0.3, -0.25) is 9.59 Å². The first-order valence-electron chi connectivity index (χ1n) is 9.86. The predicted molar refractivity (Wildman–Crippen MR) is 127 cm³/mol. The number of ether oxygens (including phenoxy) is 2. The van der Waals surface area contributed by atoms with Crippen molar-refractivity contribution in [3.05, 3.63) is 80.5 Å². The number of hydrogen-bond donors (Lipinski definition) is 1. The smallest absolute Gasteiger partial charge is 0.359 e. The summed E-state index contributed by atoms with van der Waals surface area (Å²) >= 11 is 7.08. The van der Waals surface area contributed by atoms with Crippen molar-refractivity contribution in [3.63, 3.8) is 0 Å². The Balaban J connectivity index is 1.88. The van der Waals surface area contributed by atoms with E-state index in [0.717, 1.165) is 16.0 Å². The molecule has 8 nitrogen and oxygen atoms in total. The quantitative estimate of drug-likeness (QED) is 0.404. The zero-order valence-corrected chi connectivity index (χ0v) is 19.2. The second-order valence-corrected chi connectivity index (χ2v) is 8.09. The molecule has 2 heterocycles. The molecular weight excluding hydrogens is 466 g/mol. The molecule has 0 unspecified atom stereocenters. The number of nitrogens with zero attached hydrogens (tertiary/aromatic N) is 2. The lowest BCUT2D eigenvalue weighted by molar-refractivity contribution is 0.0520. The fourth-order valence-electron chi connectivity index (χ4n) is 3.25. The number of amides is 1. The van der Waals surface area contributed by atoms with Crippen molar-refractivity contribution >= 4 is 50.6 Å². The Morgan fingerprint density at radius 2 is 1.88 bits per heavy atom. The van der Waals surface area contributed by atoms with Gasteiger partial charge in [-0.2, -0.15) is 9.78 Å². The van der Waals surface area contributed by atoms with E-state index in [0.29, 0.717) is 27.4 Å². The number of hydrogen-bond acceptors (Lipinski definition) is 7. The summed E-state index contributed by atoms with van der Waals surface area (Å²) in [6, 6.07) is 13.2. The van der Waals surface area contributed by atoms with Crippen molar-refractivity contribution in [1.82, 2.24) is 9.78 Å². The molecule has 0 aliphatic heterocycles. The highest BCUT2D eigenvalue weighted by atomic mass is 35.5. The SMILES string of the molecule is CCOC(=O)c1nn(-c2ccc(Cl)cc2)c(=O)c2c(NC(=O)c3ccccc3OC)scc12. The Bertz CT molecular complexity index is 1410. The summed E-state index contributed by atoms with van der Waals surface area (Å²) < 4.78 is 11.5. The molecule has 0 bridgehead atoms.